The fourth-order valence-corrected chi connectivity index (χ4v) is 3.70. The van der Waals surface area contributed by atoms with Crippen LogP contribution in [0.1, 0.15) is 11.4 Å². The van der Waals surface area contributed by atoms with Crippen LogP contribution in [0, 0.1) is 6.92 Å². The second kappa shape index (κ2) is 9.54. The summed E-state index contributed by atoms with van der Waals surface area (Å²) >= 11 is 0. The molecule has 3 rings (SSSR count). The molecule has 2 aromatic heterocycles. The molecule has 0 aliphatic carbocycles. The summed E-state index contributed by atoms with van der Waals surface area (Å²) in [6.07, 6.45) is -4.62. The van der Waals surface area contributed by atoms with Crippen molar-refractivity contribution >= 4 is 27.4 Å². The van der Waals surface area contributed by atoms with Crippen LogP contribution in [0.4, 0.5) is 24.7 Å². The van der Waals surface area contributed by atoms with Gasteiger partial charge in [-0.1, -0.05) is 0 Å². The Labute approximate surface area is 192 Å². The maximum Gasteiger partial charge on any atom is 0.435 e. The summed E-state index contributed by atoms with van der Waals surface area (Å²) in [5.41, 5.74) is -0.707. The molecule has 0 saturated heterocycles. The van der Waals surface area contributed by atoms with Crippen LogP contribution >= 0.6 is 0 Å². The van der Waals surface area contributed by atoms with Crippen LogP contribution in [0.15, 0.2) is 41.3 Å². The number of aromatic nitrogens is 4. The molecule has 15 heteroatoms. The van der Waals surface area contributed by atoms with Gasteiger partial charge in [-0.15, -0.1) is 0 Å². The third-order valence-electron chi connectivity index (χ3n) is 4.33. The minimum atomic E-state index is -4.62. The highest BCUT2D eigenvalue weighted by Gasteiger charge is 2.34. The van der Waals surface area contributed by atoms with Crippen molar-refractivity contribution in [3.8, 4) is 11.9 Å². The highest BCUT2D eigenvalue weighted by atomic mass is 32.2. The van der Waals surface area contributed by atoms with Crippen molar-refractivity contribution in [1.29, 1.82) is 0 Å². The van der Waals surface area contributed by atoms with Gasteiger partial charge < -0.3 is 14.8 Å². The van der Waals surface area contributed by atoms with Crippen molar-refractivity contribution < 1.29 is 35.9 Å². The first-order valence-electron chi connectivity index (χ1n) is 9.42. The minimum Gasteiger partial charge on any atom is -0.481 e. The van der Waals surface area contributed by atoms with E-state index in [9.17, 15) is 26.4 Å². The second-order valence-corrected chi connectivity index (χ2v) is 8.47. The van der Waals surface area contributed by atoms with Crippen LogP contribution in [0.5, 0.6) is 11.9 Å². The molecule has 0 saturated carbocycles. The first-order chi connectivity index (χ1) is 15.9. The largest absolute Gasteiger partial charge is 0.481 e. The summed E-state index contributed by atoms with van der Waals surface area (Å²) in [7, 11) is -1.41. The lowest BCUT2D eigenvalue weighted by molar-refractivity contribution is -0.141. The number of anilines is 2. The maximum absolute atomic E-state index is 12.8. The number of amides is 1. The molecule has 2 heterocycles. The van der Waals surface area contributed by atoms with Crippen LogP contribution < -0.4 is 19.5 Å². The van der Waals surface area contributed by atoms with Crippen LogP contribution in [-0.2, 0) is 27.5 Å². The molecule has 0 unspecified atom stereocenters. The average molecular weight is 500 g/mol. The van der Waals surface area contributed by atoms with Crippen LogP contribution in [0.25, 0.3) is 0 Å². The zero-order valence-electron chi connectivity index (χ0n) is 18.0. The Bertz CT molecular complexity index is 1270. The normalized spacial score (nSPS) is 11.7. The van der Waals surface area contributed by atoms with E-state index < -0.39 is 34.3 Å². The summed E-state index contributed by atoms with van der Waals surface area (Å²) in [6.45, 7) is 0.936. The van der Waals surface area contributed by atoms with Crippen molar-refractivity contribution in [2.24, 2.45) is 0 Å². The molecular formula is C19H19F3N6O5S. The predicted octanol–water partition coefficient (Wildman–Crippen LogP) is 2.46. The quantitative estimate of drug-likeness (QED) is 0.481. The lowest BCUT2D eigenvalue weighted by Crippen LogP contribution is -2.21. The molecule has 0 spiro atoms. The van der Waals surface area contributed by atoms with E-state index in [2.05, 4.69) is 25.1 Å². The summed E-state index contributed by atoms with van der Waals surface area (Å²) in [5.74, 6) is -0.653. The number of carbonyl (C=O) groups is 1. The van der Waals surface area contributed by atoms with Gasteiger partial charge in [-0.25, -0.2) is 8.42 Å². The number of rotatable bonds is 8. The van der Waals surface area contributed by atoms with Gasteiger partial charge in [-0.3, -0.25) is 14.2 Å². The van der Waals surface area contributed by atoms with Crippen molar-refractivity contribution in [2.45, 2.75) is 24.5 Å². The lowest BCUT2D eigenvalue weighted by atomic mass is 10.3. The molecule has 34 heavy (non-hydrogen) atoms. The zero-order chi connectivity index (χ0) is 25.1. The molecule has 0 aliphatic rings. The molecule has 1 amide bonds. The molecular weight excluding hydrogens is 481 g/mol. The smallest absolute Gasteiger partial charge is 0.435 e. The Hall–Kier alpha value is -3.88. The SMILES string of the molecule is COc1cc(NS(=O)(=O)c2ccc(NC(=O)Cn3nc(C(F)(F)F)cc3C)cc2)nc(OC)n1. The van der Waals surface area contributed by atoms with Gasteiger partial charge in [0.2, 0.25) is 11.8 Å². The van der Waals surface area contributed by atoms with Crippen molar-refractivity contribution in [3.05, 3.63) is 47.8 Å². The monoisotopic (exact) mass is 500 g/mol. The van der Waals surface area contributed by atoms with Crippen LogP contribution in [-0.4, -0.2) is 48.3 Å². The molecule has 0 aliphatic heterocycles. The van der Waals surface area contributed by atoms with Gasteiger partial charge in [0.1, 0.15) is 6.54 Å². The fourth-order valence-electron chi connectivity index (χ4n) is 2.71. The number of hydrogen-bond donors (Lipinski definition) is 2. The Morgan fingerprint density at radius 2 is 1.76 bits per heavy atom. The highest BCUT2D eigenvalue weighted by Crippen LogP contribution is 2.28. The standard InChI is InChI=1S/C19H19F3N6O5S/c1-11-8-14(19(20,21)22)26-28(11)10-16(29)23-12-4-6-13(7-5-12)34(30,31)27-15-9-17(32-2)25-18(24-15)33-3/h4-9H,10H2,1-3H3,(H,23,29)(H,24,25,27). The summed E-state index contributed by atoms with van der Waals surface area (Å²) in [6, 6.07) is 7.10. The van der Waals surface area contributed by atoms with E-state index in [0.29, 0.717) is 0 Å². The van der Waals surface area contributed by atoms with Gasteiger partial charge in [-0.05, 0) is 37.3 Å². The number of aryl methyl sites for hydroxylation is 1. The molecule has 0 radical (unpaired) electrons. The number of sulfonamides is 1. The van der Waals surface area contributed by atoms with E-state index in [0.717, 1.165) is 10.7 Å². The average Bonchev–Trinajstić information content (AvgIpc) is 3.14. The van der Waals surface area contributed by atoms with Gasteiger partial charge in [-0.2, -0.15) is 28.2 Å². The minimum absolute atomic E-state index is 0.0809. The first-order valence-corrected chi connectivity index (χ1v) is 10.9. The number of nitrogens with one attached hydrogen (secondary N) is 2. The van der Waals surface area contributed by atoms with E-state index in [1.807, 2.05) is 0 Å². The van der Waals surface area contributed by atoms with Gasteiger partial charge in [0.05, 0.1) is 19.1 Å². The highest BCUT2D eigenvalue weighted by molar-refractivity contribution is 7.92. The van der Waals surface area contributed by atoms with Crippen LogP contribution in [0.2, 0.25) is 0 Å². The summed E-state index contributed by atoms with van der Waals surface area (Å²) in [4.78, 5) is 19.8. The van der Waals surface area contributed by atoms with Crippen LogP contribution in [0.3, 0.4) is 0 Å². The summed E-state index contributed by atoms with van der Waals surface area (Å²) < 4.78 is 76.7. The predicted molar refractivity (Wildman–Crippen MR) is 113 cm³/mol. The van der Waals surface area contributed by atoms with E-state index in [1.165, 1.54) is 51.5 Å². The molecule has 0 bridgehead atoms. The number of ether oxygens (including phenoxy) is 2. The van der Waals surface area contributed by atoms with Gasteiger partial charge in [0, 0.05) is 17.4 Å². The Morgan fingerprint density at radius 3 is 2.32 bits per heavy atom. The molecule has 1 aromatic carbocycles. The van der Waals surface area contributed by atoms with Gasteiger partial charge in [0.15, 0.2) is 11.5 Å². The van der Waals surface area contributed by atoms with Gasteiger partial charge in [0.25, 0.3) is 10.0 Å². The van der Waals surface area contributed by atoms with Crippen molar-refractivity contribution in [3.63, 3.8) is 0 Å². The number of carbonyl (C=O) groups excluding carboxylic acids is 1. The van der Waals surface area contributed by atoms with Crippen molar-refractivity contribution in [2.75, 3.05) is 24.3 Å². The van der Waals surface area contributed by atoms with Crippen molar-refractivity contribution in [1.82, 2.24) is 19.7 Å². The molecule has 0 fully saturated rings. The number of alkyl halides is 3. The topological polar surface area (TPSA) is 137 Å². The molecule has 3 aromatic rings. The Kier molecular flexibility index (Phi) is 6.95. The number of benzene rings is 1. The van der Waals surface area contributed by atoms with Gasteiger partial charge >= 0.3 is 12.2 Å². The summed E-state index contributed by atoms with van der Waals surface area (Å²) in [5, 5.41) is 5.86. The molecule has 2 N–H and O–H groups in total. The maximum atomic E-state index is 12.8. The zero-order valence-corrected chi connectivity index (χ0v) is 18.9. The first kappa shape index (κ1) is 24.8. The number of methoxy groups -OCH3 is 2. The number of halogens is 3. The molecule has 11 nitrogen and oxygen atoms in total. The third kappa shape index (κ3) is 5.92. The van der Waals surface area contributed by atoms with E-state index >= 15 is 0 Å². The second-order valence-electron chi connectivity index (χ2n) is 6.79. The third-order valence-corrected chi connectivity index (χ3v) is 5.70. The Morgan fingerprint density at radius 1 is 1.09 bits per heavy atom. The van der Waals surface area contributed by atoms with E-state index in [1.54, 1.807) is 0 Å². The molecule has 182 valence electrons. The number of nitrogens with zero attached hydrogens (tertiary/aromatic N) is 4. The fraction of sp³-hybridized carbons (Fsp3) is 0.263. The number of hydrogen-bond acceptors (Lipinski definition) is 8. The van der Waals surface area contributed by atoms with E-state index in [-0.39, 0.29) is 34.0 Å². The van der Waals surface area contributed by atoms with E-state index in [4.69, 9.17) is 9.47 Å². The molecule has 0 atom stereocenters. The Balaban J connectivity index is 1.69. The lowest BCUT2D eigenvalue weighted by Gasteiger charge is -2.11.